The predicted octanol–water partition coefficient (Wildman–Crippen LogP) is 6.11. The molecule has 2 fully saturated rings. The number of piperazine rings is 1. The van der Waals surface area contributed by atoms with Gasteiger partial charge in [-0.15, -0.1) is 0 Å². The van der Waals surface area contributed by atoms with Gasteiger partial charge in [-0.1, -0.05) is 49.4 Å². The number of hydrogen-bond acceptors (Lipinski definition) is 5. The molecule has 6 nitrogen and oxygen atoms in total. The highest BCUT2D eigenvalue weighted by Crippen LogP contribution is 2.45. The summed E-state index contributed by atoms with van der Waals surface area (Å²) in [5, 5.41) is 3.09. The SMILES string of the molecule is C[C@H]1CC[C@](c2cccc(NC(=O)c3cnc4ccccc4n3)c2)(N2CCN(c3ccccc3)CC2)CC1. The second-order valence-electron chi connectivity index (χ2n) is 10.8. The quantitative estimate of drug-likeness (QED) is 0.355. The first-order valence-electron chi connectivity index (χ1n) is 13.8. The van der Waals surface area contributed by atoms with Gasteiger partial charge in [0, 0.05) is 43.1 Å². The number of fused-ring (bicyclic) bond motifs is 1. The molecule has 6 rings (SSSR count). The maximum atomic E-state index is 13.1. The van der Waals surface area contributed by atoms with E-state index in [1.165, 1.54) is 24.1 Å². The van der Waals surface area contributed by atoms with E-state index in [2.05, 4.69) is 80.5 Å². The van der Waals surface area contributed by atoms with Gasteiger partial charge in [-0.3, -0.25) is 14.7 Å². The van der Waals surface area contributed by atoms with E-state index < -0.39 is 0 Å². The van der Waals surface area contributed by atoms with Crippen LogP contribution in [0.2, 0.25) is 0 Å². The van der Waals surface area contributed by atoms with Crippen molar-refractivity contribution in [2.24, 2.45) is 5.92 Å². The lowest BCUT2D eigenvalue weighted by Gasteiger charge is -2.51. The van der Waals surface area contributed by atoms with Gasteiger partial charge in [-0.05, 0) is 73.6 Å². The van der Waals surface area contributed by atoms with E-state index >= 15 is 0 Å². The van der Waals surface area contributed by atoms with Gasteiger partial charge in [-0.25, -0.2) is 4.98 Å². The molecule has 2 aliphatic rings. The van der Waals surface area contributed by atoms with Gasteiger partial charge >= 0.3 is 0 Å². The lowest BCUT2D eigenvalue weighted by atomic mass is 9.71. The van der Waals surface area contributed by atoms with Crippen LogP contribution in [0.1, 0.15) is 48.7 Å². The van der Waals surface area contributed by atoms with Gasteiger partial charge in [0.25, 0.3) is 5.91 Å². The molecule has 1 saturated carbocycles. The number of anilines is 2. The Hall–Kier alpha value is -3.77. The minimum absolute atomic E-state index is 0.00121. The Morgan fingerprint density at radius 2 is 1.58 bits per heavy atom. The van der Waals surface area contributed by atoms with Crippen molar-refractivity contribution in [1.29, 1.82) is 0 Å². The zero-order valence-electron chi connectivity index (χ0n) is 22.0. The molecular weight excluding hydrogens is 470 g/mol. The summed E-state index contributed by atoms with van der Waals surface area (Å²) in [4.78, 5) is 27.3. The van der Waals surface area contributed by atoms with Crippen molar-refractivity contribution in [3.8, 4) is 0 Å². The molecule has 0 radical (unpaired) electrons. The largest absolute Gasteiger partial charge is 0.369 e. The topological polar surface area (TPSA) is 61.4 Å². The molecule has 2 heterocycles. The third kappa shape index (κ3) is 4.88. The monoisotopic (exact) mass is 505 g/mol. The average Bonchev–Trinajstić information content (AvgIpc) is 2.98. The minimum atomic E-state index is -0.233. The number of nitrogens with one attached hydrogen (secondary N) is 1. The molecule has 1 saturated heterocycles. The van der Waals surface area contributed by atoms with Crippen LogP contribution < -0.4 is 10.2 Å². The van der Waals surface area contributed by atoms with Crippen molar-refractivity contribution < 1.29 is 4.79 Å². The van der Waals surface area contributed by atoms with E-state index in [9.17, 15) is 4.79 Å². The number of nitrogens with zero attached hydrogens (tertiary/aromatic N) is 4. The molecule has 1 aliphatic heterocycles. The van der Waals surface area contributed by atoms with Crippen molar-refractivity contribution in [2.45, 2.75) is 38.1 Å². The summed E-state index contributed by atoms with van der Waals surface area (Å²) in [5.74, 6) is 0.520. The van der Waals surface area contributed by atoms with Crippen molar-refractivity contribution in [3.63, 3.8) is 0 Å². The Kier molecular flexibility index (Phi) is 6.81. The molecule has 6 heteroatoms. The van der Waals surface area contributed by atoms with E-state index in [0.29, 0.717) is 5.69 Å². The highest BCUT2D eigenvalue weighted by molar-refractivity contribution is 6.03. The van der Waals surface area contributed by atoms with Crippen LogP contribution in [-0.2, 0) is 5.54 Å². The highest BCUT2D eigenvalue weighted by Gasteiger charge is 2.42. The number of carbonyl (C=O) groups excluding carboxylic acids is 1. The second-order valence-corrected chi connectivity index (χ2v) is 10.8. The molecule has 4 aromatic rings. The van der Waals surface area contributed by atoms with E-state index in [1.807, 2.05) is 30.3 Å². The Balaban J connectivity index is 1.23. The van der Waals surface area contributed by atoms with E-state index in [0.717, 1.165) is 61.7 Å². The third-order valence-electron chi connectivity index (χ3n) is 8.45. The zero-order chi connectivity index (χ0) is 26.0. The maximum absolute atomic E-state index is 13.1. The van der Waals surface area contributed by atoms with E-state index in [4.69, 9.17) is 0 Å². The van der Waals surface area contributed by atoms with Crippen molar-refractivity contribution in [2.75, 3.05) is 36.4 Å². The standard InChI is InChI=1S/C32H35N5O/c1-24-14-16-32(17-15-24,37-20-18-36(19-21-37)27-10-3-2-4-11-27)25-8-7-9-26(22-25)34-31(38)30-23-33-28-12-5-6-13-29(28)35-30/h2-13,22-24H,14-21H2,1H3,(H,34,38)/t24-,32-. The fourth-order valence-corrected chi connectivity index (χ4v) is 6.21. The first-order chi connectivity index (χ1) is 18.6. The maximum Gasteiger partial charge on any atom is 0.275 e. The zero-order valence-corrected chi connectivity index (χ0v) is 22.0. The van der Waals surface area contributed by atoms with Crippen molar-refractivity contribution in [1.82, 2.24) is 14.9 Å². The summed E-state index contributed by atoms with van der Waals surface area (Å²) in [6, 6.07) is 26.8. The Bertz CT molecular complexity index is 1410. The van der Waals surface area contributed by atoms with Crippen LogP contribution in [0.4, 0.5) is 11.4 Å². The van der Waals surface area contributed by atoms with Crippen LogP contribution in [0.5, 0.6) is 0 Å². The van der Waals surface area contributed by atoms with Crippen LogP contribution in [0.25, 0.3) is 11.0 Å². The van der Waals surface area contributed by atoms with Crippen LogP contribution in [-0.4, -0.2) is 47.0 Å². The summed E-state index contributed by atoms with van der Waals surface area (Å²) in [6.45, 7) is 6.49. The predicted molar refractivity (Wildman–Crippen MR) is 153 cm³/mol. The Morgan fingerprint density at radius 1 is 0.868 bits per heavy atom. The van der Waals surface area contributed by atoms with Gasteiger partial charge in [0.1, 0.15) is 5.69 Å². The van der Waals surface area contributed by atoms with E-state index in [1.54, 1.807) is 6.20 Å². The molecular formula is C32H35N5O. The number of hydrogen-bond donors (Lipinski definition) is 1. The lowest BCUT2D eigenvalue weighted by Crippen LogP contribution is -2.56. The molecule has 0 unspecified atom stereocenters. The van der Waals surface area contributed by atoms with E-state index in [-0.39, 0.29) is 11.4 Å². The molecule has 38 heavy (non-hydrogen) atoms. The molecule has 0 bridgehead atoms. The number of benzene rings is 3. The number of amides is 1. The molecule has 0 atom stereocenters. The molecule has 194 valence electrons. The number of carbonyl (C=O) groups is 1. The molecule has 0 spiro atoms. The van der Waals surface area contributed by atoms with Gasteiger partial charge in [0.15, 0.2) is 0 Å². The van der Waals surface area contributed by atoms with Crippen molar-refractivity contribution in [3.05, 3.63) is 96.3 Å². The molecule has 3 aromatic carbocycles. The van der Waals surface area contributed by atoms with Gasteiger partial charge in [-0.2, -0.15) is 0 Å². The van der Waals surface area contributed by atoms with Gasteiger partial charge in [0.2, 0.25) is 0 Å². The average molecular weight is 506 g/mol. The first kappa shape index (κ1) is 24.6. The van der Waals surface area contributed by atoms with Crippen molar-refractivity contribution >= 4 is 28.3 Å². The van der Waals surface area contributed by atoms with Crippen LogP contribution in [0.15, 0.2) is 85.1 Å². The second kappa shape index (κ2) is 10.5. The summed E-state index contributed by atoms with van der Waals surface area (Å²) >= 11 is 0. The summed E-state index contributed by atoms with van der Waals surface area (Å²) in [5.41, 5.74) is 5.25. The minimum Gasteiger partial charge on any atom is -0.369 e. The fraction of sp³-hybridized carbons (Fsp3) is 0.344. The molecule has 1 aromatic heterocycles. The Morgan fingerprint density at radius 3 is 2.34 bits per heavy atom. The molecule has 1 aliphatic carbocycles. The number of para-hydroxylation sites is 3. The summed E-state index contributed by atoms with van der Waals surface area (Å²) < 4.78 is 0. The third-order valence-corrected chi connectivity index (χ3v) is 8.45. The number of aromatic nitrogens is 2. The van der Waals surface area contributed by atoms with Crippen LogP contribution >= 0.6 is 0 Å². The van der Waals surface area contributed by atoms with Crippen LogP contribution in [0, 0.1) is 5.92 Å². The van der Waals surface area contributed by atoms with Crippen LogP contribution in [0.3, 0.4) is 0 Å². The summed E-state index contributed by atoms with van der Waals surface area (Å²) in [6.07, 6.45) is 6.29. The number of rotatable bonds is 5. The Labute approximate surface area is 224 Å². The normalized spacial score (nSPS) is 22.3. The smallest absolute Gasteiger partial charge is 0.275 e. The lowest BCUT2D eigenvalue weighted by molar-refractivity contribution is 0.0299. The molecule has 1 N–H and O–H groups in total. The summed E-state index contributed by atoms with van der Waals surface area (Å²) in [7, 11) is 0. The molecule has 1 amide bonds. The highest BCUT2D eigenvalue weighted by atomic mass is 16.1. The van der Waals surface area contributed by atoms with Gasteiger partial charge in [0.05, 0.1) is 17.2 Å². The first-order valence-corrected chi connectivity index (χ1v) is 13.8. The fourth-order valence-electron chi connectivity index (χ4n) is 6.21. The van der Waals surface area contributed by atoms with Gasteiger partial charge < -0.3 is 10.2 Å².